The first kappa shape index (κ1) is 12.0. The molecule has 4 rings (SSSR count). The number of nitrogens with one attached hydrogen (secondary N) is 1. The van der Waals surface area contributed by atoms with Crippen LogP contribution in [0.4, 0.5) is 0 Å². The minimum Gasteiger partial charge on any atom is -0.288 e. The number of pyridine rings is 1. The Morgan fingerprint density at radius 1 is 1.14 bits per heavy atom. The molecule has 1 N–H and O–H groups in total. The highest BCUT2D eigenvalue weighted by Crippen LogP contribution is 2.31. The molecule has 1 aliphatic rings. The molecule has 0 unspecified atom stereocenters. The molecule has 0 spiro atoms. The van der Waals surface area contributed by atoms with Crippen molar-refractivity contribution in [1.29, 1.82) is 0 Å². The normalized spacial score (nSPS) is 12.6. The molecule has 102 valence electrons. The van der Waals surface area contributed by atoms with Crippen LogP contribution in [0.1, 0.15) is 16.8 Å². The van der Waals surface area contributed by atoms with Gasteiger partial charge in [0.05, 0.1) is 24.1 Å². The van der Waals surface area contributed by atoms with Crippen molar-refractivity contribution in [2.24, 2.45) is 4.99 Å². The van der Waals surface area contributed by atoms with E-state index in [0.29, 0.717) is 0 Å². The first-order valence-corrected chi connectivity index (χ1v) is 6.92. The molecule has 2 aromatic heterocycles. The zero-order valence-electron chi connectivity index (χ0n) is 11.7. The number of aryl methyl sites for hydroxylation is 1. The third kappa shape index (κ3) is 2.05. The van der Waals surface area contributed by atoms with Gasteiger partial charge in [0, 0.05) is 17.5 Å². The molecule has 0 saturated carbocycles. The van der Waals surface area contributed by atoms with Crippen molar-refractivity contribution < 1.29 is 0 Å². The number of aliphatic imine (C=N–C) groups is 1. The van der Waals surface area contributed by atoms with Gasteiger partial charge in [-0.1, -0.05) is 18.2 Å². The van der Waals surface area contributed by atoms with Crippen molar-refractivity contribution in [3.05, 3.63) is 59.4 Å². The van der Waals surface area contributed by atoms with Gasteiger partial charge in [-0.15, -0.1) is 0 Å². The average molecular weight is 274 g/mol. The molecule has 4 heteroatoms. The van der Waals surface area contributed by atoms with Crippen molar-refractivity contribution in [2.75, 3.05) is 0 Å². The molecule has 1 aliphatic heterocycles. The van der Waals surface area contributed by atoms with Crippen LogP contribution in [0.2, 0.25) is 0 Å². The molecule has 0 aliphatic carbocycles. The van der Waals surface area contributed by atoms with Gasteiger partial charge in [-0.3, -0.25) is 15.1 Å². The standard InChI is InChI=1S/C17H14N4/c1-11-3-2-4-16(20-11)17-15(10-19-21-17)12-5-6-13-8-18-9-14(13)7-12/h2-7,9-10H,8H2,1H3,(H,19,21). The number of nitrogens with zero attached hydrogens (tertiary/aromatic N) is 3. The minimum atomic E-state index is 0.785. The van der Waals surface area contributed by atoms with Crippen molar-refractivity contribution >= 4 is 6.21 Å². The molecule has 0 bridgehead atoms. The number of aromatic amines is 1. The van der Waals surface area contributed by atoms with E-state index < -0.39 is 0 Å². The number of hydrogen-bond acceptors (Lipinski definition) is 3. The monoisotopic (exact) mass is 274 g/mol. The number of H-pyrrole nitrogens is 1. The lowest BCUT2D eigenvalue weighted by Crippen LogP contribution is -1.90. The fraction of sp³-hybridized carbons (Fsp3) is 0.118. The molecule has 0 atom stereocenters. The summed E-state index contributed by atoms with van der Waals surface area (Å²) < 4.78 is 0. The van der Waals surface area contributed by atoms with Crippen LogP contribution in [-0.2, 0) is 6.54 Å². The Kier molecular flexibility index (Phi) is 2.67. The van der Waals surface area contributed by atoms with Gasteiger partial charge in [0.15, 0.2) is 0 Å². The molecule has 0 fully saturated rings. The van der Waals surface area contributed by atoms with Crippen LogP contribution in [0, 0.1) is 6.92 Å². The molecule has 3 aromatic rings. The Morgan fingerprint density at radius 2 is 2.10 bits per heavy atom. The zero-order chi connectivity index (χ0) is 14.2. The highest BCUT2D eigenvalue weighted by Gasteiger charge is 2.13. The first-order valence-electron chi connectivity index (χ1n) is 6.92. The third-order valence-electron chi connectivity index (χ3n) is 3.73. The largest absolute Gasteiger partial charge is 0.288 e. The molecule has 21 heavy (non-hydrogen) atoms. The lowest BCUT2D eigenvalue weighted by Gasteiger charge is -2.06. The second-order valence-electron chi connectivity index (χ2n) is 5.21. The van der Waals surface area contributed by atoms with E-state index in [0.717, 1.165) is 34.8 Å². The highest BCUT2D eigenvalue weighted by atomic mass is 15.1. The molecule has 3 heterocycles. The fourth-order valence-corrected chi connectivity index (χ4v) is 2.65. The predicted octanol–water partition coefficient (Wildman–Crippen LogP) is 3.38. The summed E-state index contributed by atoms with van der Waals surface area (Å²) in [5.41, 5.74) is 7.53. The molecular weight excluding hydrogens is 260 g/mol. The maximum absolute atomic E-state index is 4.58. The van der Waals surface area contributed by atoms with Gasteiger partial charge in [0.2, 0.25) is 0 Å². The average Bonchev–Trinajstić information content (AvgIpc) is 3.15. The van der Waals surface area contributed by atoms with Crippen LogP contribution in [-0.4, -0.2) is 21.4 Å². The summed E-state index contributed by atoms with van der Waals surface area (Å²) in [7, 11) is 0. The maximum atomic E-state index is 4.58. The van der Waals surface area contributed by atoms with Gasteiger partial charge in [0.25, 0.3) is 0 Å². The lowest BCUT2D eigenvalue weighted by atomic mass is 10.00. The summed E-state index contributed by atoms with van der Waals surface area (Å²) >= 11 is 0. The van der Waals surface area contributed by atoms with Gasteiger partial charge in [0.1, 0.15) is 0 Å². The SMILES string of the molecule is Cc1cccc(-c2[nH]ncc2-c2ccc3c(c2)C=NC3)n1. The summed E-state index contributed by atoms with van der Waals surface area (Å²) in [6.07, 6.45) is 3.79. The van der Waals surface area contributed by atoms with Gasteiger partial charge in [-0.2, -0.15) is 5.10 Å². The molecule has 0 radical (unpaired) electrons. The van der Waals surface area contributed by atoms with Crippen molar-refractivity contribution in [1.82, 2.24) is 15.2 Å². The van der Waals surface area contributed by atoms with Crippen molar-refractivity contribution in [2.45, 2.75) is 13.5 Å². The number of hydrogen-bond donors (Lipinski definition) is 1. The van der Waals surface area contributed by atoms with Crippen LogP contribution in [0.3, 0.4) is 0 Å². The summed E-state index contributed by atoms with van der Waals surface area (Å²) in [5.74, 6) is 0. The summed E-state index contributed by atoms with van der Waals surface area (Å²) in [6, 6.07) is 12.4. The summed E-state index contributed by atoms with van der Waals surface area (Å²) in [4.78, 5) is 8.88. The summed E-state index contributed by atoms with van der Waals surface area (Å²) in [6.45, 7) is 2.78. The second kappa shape index (κ2) is 4.66. The predicted molar refractivity (Wildman–Crippen MR) is 83.3 cm³/mol. The number of rotatable bonds is 2. The maximum Gasteiger partial charge on any atom is 0.0912 e. The summed E-state index contributed by atoms with van der Waals surface area (Å²) in [5, 5.41) is 7.27. The minimum absolute atomic E-state index is 0.785. The number of fused-ring (bicyclic) bond motifs is 1. The Balaban J connectivity index is 1.84. The second-order valence-corrected chi connectivity index (χ2v) is 5.21. The van der Waals surface area contributed by atoms with Crippen LogP contribution in [0.5, 0.6) is 0 Å². The Labute approximate surface area is 122 Å². The molecule has 4 nitrogen and oxygen atoms in total. The Hall–Kier alpha value is -2.75. The quantitative estimate of drug-likeness (QED) is 0.778. The van der Waals surface area contributed by atoms with E-state index in [4.69, 9.17) is 0 Å². The highest BCUT2D eigenvalue weighted by molar-refractivity contribution is 5.88. The zero-order valence-corrected chi connectivity index (χ0v) is 11.7. The van der Waals surface area contributed by atoms with Crippen LogP contribution in [0.15, 0.2) is 47.6 Å². The number of benzene rings is 1. The topological polar surface area (TPSA) is 53.9 Å². The van der Waals surface area contributed by atoms with E-state index in [1.54, 1.807) is 0 Å². The van der Waals surface area contributed by atoms with Gasteiger partial charge in [-0.25, -0.2) is 0 Å². The molecule has 0 amide bonds. The van der Waals surface area contributed by atoms with E-state index in [1.165, 1.54) is 11.1 Å². The molecule has 0 saturated heterocycles. The molecular formula is C17H14N4. The lowest BCUT2D eigenvalue weighted by molar-refractivity contribution is 1.08. The number of aromatic nitrogens is 3. The fourth-order valence-electron chi connectivity index (χ4n) is 2.65. The smallest absolute Gasteiger partial charge is 0.0912 e. The van der Waals surface area contributed by atoms with E-state index in [9.17, 15) is 0 Å². The van der Waals surface area contributed by atoms with Gasteiger partial charge >= 0.3 is 0 Å². The molecule has 1 aromatic carbocycles. The Morgan fingerprint density at radius 3 is 3.00 bits per heavy atom. The van der Waals surface area contributed by atoms with E-state index >= 15 is 0 Å². The van der Waals surface area contributed by atoms with Gasteiger partial charge < -0.3 is 0 Å². The van der Waals surface area contributed by atoms with Crippen molar-refractivity contribution in [3.8, 4) is 22.5 Å². The third-order valence-corrected chi connectivity index (χ3v) is 3.73. The Bertz CT molecular complexity index is 846. The van der Waals surface area contributed by atoms with Gasteiger partial charge in [-0.05, 0) is 41.8 Å². The van der Waals surface area contributed by atoms with Crippen LogP contribution in [0.25, 0.3) is 22.5 Å². The van der Waals surface area contributed by atoms with Crippen LogP contribution < -0.4 is 0 Å². The van der Waals surface area contributed by atoms with E-state index in [1.807, 2.05) is 37.5 Å². The van der Waals surface area contributed by atoms with E-state index in [2.05, 4.69) is 38.4 Å². The van der Waals surface area contributed by atoms with Crippen LogP contribution >= 0.6 is 0 Å². The van der Waals surface area contributed by atoms with Crippen molar-refractivity contribution in [3.63, 3.8) is 0 Å². The van der Waals surface area contributed by atoms with E-state index in [-0.39, 0.29) is 0 Å². The first-order chi connectivity index (χ1) is 10.3.